The van der Waals surface area contributed by atoms with Gasteiger partial charge in [-0.15, -0.1) is 0 Å². The van der Waals surface area contributed by atoms with E-state index in [2.05, 4.69) is 529 Å². The van der Waals surface area contributed by atoms with Crippen molar-refractivity contribution in [2.24, 2.45) is 0 Å². The van der Waals surface area contributed by atoms with Crippen LogP contribution in [0, 0.1) is 0 Å². The molecule has 0 unspecified atom stereocenters. The van der Waals surface area contributed by atoms with Crippen LogP contribution in [0.4, 0.5) is 0 Å². The van der Waals surface area contributed by atoms with Gasteiger partial charge in [0.05, 0.1) is 22.8 Å². The fraction of sp³-hybridized carbons (Fsp3) is 0.0909. The first-order chi connectivity index (χ1) is 67.2. The van der Waals surface area contributed by atoms with Crippen LogP contribution in [0.5, 0.6) is 0 Å². The molecule has 0 aliphatic heterocycles. The molecule has 0 saturated heterocycles. The number of hydrogen-bond donors (Lipinski definition) is 0. The SMILES string of the molecule is CC(C)(C)c1cc(-c2cc(-c3ccccc3)cc(-c3ccccc3)c2)nc(-c2cc(-c3ccccc3)cc(-c3ccccc3)c2)c1.CC(C)(C)c1cc(-c2cc(-c3ccccc3)cc(-c3ccccc3)c2)nc(-c2cc(-c3ccccc3)cc(-c3ccccc3)c2)n1.CC(C)(C)c1nc(-c2cc(-c3ccccc3)cc(-c3ccccc3)c2)nc(-c2cc(-c3ccccc3)cc(-c3ccccc3)c2)n1. The average Bonchev–Trinajstić information content (AvgIpc) is 0.777. The molecule has 0 fully saturated rings. The second kappa shape index (κ2) is 40.6. The summed E-state index contributed by atoms with van der Waals surface area (Å²) in [5.41, 5.74) is 38.6. The first-order valence-corrected chi connectivity index (χ1v) is 47.5. The van der Waals surface area contributed by atoms with Crippen LogP contribution in [0.25, 0.3) is 201 Å². The number of pyridine rings is 1. The molecule has 0 spiro atoms. The van der Waals surface area contributed by atoms with Gasteiger partial charge in [-0.3, -0.25) is 0 Å². The molecule has 3 heterocycles. The Hall–Kier alpha value is -16.8. The standard InChI is InChI=1S/C45H37N.C44H36N2.C43H35N3/c1-45(2,3)42-30-43(40-26-36(32-16-8-4-9-17-32)24-37(27-40)33-18-10-5-11-19-33)46-44(31-42)41-28-38(34-20-12-6-13-21-34)25-39(29-41)35-22-14-7-15-23-35;1-44(2,3)42-30-41(39-26-35(31-16-8-4-9-17-31)24-36(27-39)32-18-10-5-11-19-32)45-43(46-42)40-28-37(33-20-12-6-13-21-33)25-38(29-40)34-22-14-7-15-23-34;1-43(2,3)42-45-40(38-26-34(30-16-8-4-9-17-30)24-35(27-38)31-18-10-5-11-19-31)44-41(46-42)39-28-36(32-20-12-6-13-21-32)25-37(29-39)33-22-14-7-15-23-33/h4-31H,1-3H3;4-30H,1-3H3;4-29H,1-3H3. The molecule has 18 aromatic carbocycles. The van der Waals surface area contributed by atoms with Gasteiger partial charge in [0, 0.05) is 44.2 Å². The summed E-state index contributed by atoms with van der Waals surface area (Å²) in [6.07, 6.45) is 0. The summed E-state index contributed by atoms with van der Waals surface area (Å²) in [5.74, 6) is 2.81. The number of hydrogen-bond acceptors (Lipinski definition) is 6. The van der Waals surface area contributed by atoms with Crippen molar-refractivity contribution in [1.82, 2.24) is 29.9 Å². The third-order valence-corrected chi connectivity index (χ3v) is 25.0. The third kappa shape index (κ3) is 21.7. The van der Waals surface area contributed by atoms with E-state index in [9.17, 15) is 0 Å². The molecule has 0 atom stereocenters. The molecule has 3 aromatic heterocycles. The molecule has 138 heavy (non-hydrogen) atoms. The van der Waals surface area contributed by atoms with Crippen LogP contribution in [0.1, 0.15) is 79.4 Å². The first-order valence-electron chi connectivity index (χ1n) is 47.5. The van der Waals surface area contributed by atoms with Crippen molar-refractivity contribution in [2.45, 2.75) is 78.6 Å². The van der Waals surface area contributed by atoms with Crippen LogP contribution in [0.3, 0.4) is 0 Å². The van der Waals surface area contributed by atoms with Gasteiger partial charge in [0.2, 0.25) is 0 Å². The van der Waals surface area contributed by atoms with Crippen molar-refractivity contribution in [1.29, 1.82) is 0 Å². The zero-order valence-electron chi connectivity index (χ0n) is 79.4. The Morgan fingerprint density at radius 3 is 0.464 bits per heavy atom. The first kappa shape index (κ1) is 90.4. The van der Waals surface area contributed by atoms with Crippen LogP contribution < -0.4 is 0 Å². The minimum absolute atomic E-state index is 0.0644. The predicted molar refractivity (Wildman–Crippen MR) is 580 cm³/mol. The van der Waals surface area contributed by atoms with Gasteiger partial charge >= 0.3 is 0 Å². The van der Waals surface area contributed by atoms with Gasteiger partial charge in [0.25, 0.3) is 0 Å². The number of nitrogens with zero attached hydrogens (tertiary/aromatic N) is 6. The monoisotopic (exact) mass is 1780 g/mol. The lowest BCUT2D eigenvalue weighted by Crippen LogP contribution is -2.18. The summed E-state index contributed by atoms with van der Waals surface area (Å²) < 4.78 is 0. The Balaban J connectivity index is 0.000000132. The van der Waals surface area contributed by atoms with E-state index in [-0.39, 0.29) is 16.2 Å². The van der Waals surface area contributed by atoms with E-state index in [1.54, 1.807) is 0 Å². The smallest absolute Gasteiger partial charge is 0.163 e. The van der Waals surface area contributed by atoms with Gasteiger partial charge in [0.15, 0.2) is 17.5 Å². The lowest BCUT2D eigenvalue weighted by molar-refractivity contribution is 0.543. The molecule has 0 N–H and O–H groups in total. The summed E-state index contributed by atoms with van der Waals surface area (Å²) in [5, 5.41) is 0. The van der Waals surface area contributed by atoms with Crippen LogP contribution >= 0.6 is 0 Å². The minimum Gasteiger partial charge on any atom is -0.248 e. The topological polar surface area (TPSA) is 77.3 Å². The van der Waals surface area contributed by atoms with Gasteiger partial charge < -0.3 is 0 Å². The number of rotatable bonds is 18. The number of benzene rings is 18. The van der Waals surface area contributed by atoms with Crippen molar-refractivity contribution in [3.8, 4) is 201 Å². The van der Waals surface area contributed by atoms with Crippen LogP contribution in [0.15, 0.2) is 491 Å². The fourth-order valence-electron chi connectivity index (χ4n) is 17.5. The van der Waals surface area contributed by atoms with Crippen molar-refractivity contribution in [3.05, 3.63) is 508 Å². The third-order valence-electron chi connectivity index (χ3n) is 25.0. The van der Waals surface area contributed by atoms with E-state index in [1.807, 2.05) is 24.3 Å². The van der Waals surface area contributed by atoms with E-state index in [4.69, 9.17) is 29.9 Å². The van der Waals surface area contributed by atoms with Crippen molar-refractivity contribution < 1.29 is 0 Å². The van der Waals surface area contributed by atoms with E-state index >= 15 is 0 Å². The molecule has 6 nitrogen and oxygen atoms in total. The van der Waals surface area contributed by atoms with Crippen LogP contribution in [-0.2, 0) is 16.2 Å². The zero-order valence-corrected chi connectivity index (χ0v) is 79.4. The summed E-state index contributed by atoms with van der Waals surface area (Å²) in [7, 11) is 0. The number of aromatic nitrogens is 6. The maximum Gasteiger partial charge on any atom is 0.163 e. The highest BCUT2D eigenvalue weighted by Crippen LogP contribution is 2.44. The van der Waals surface area contributed by atoms with Gasteiger partial charge in [-0.2, -0.15) is 0 Å². The minimum atomic E-state index is -0.287. The second-order valence-electron chi connectivity index (χ2n) is 38.3. The molecule has 0 saturated carbocycles. The summed E-state index contributed by atoms with van der Waals surface area (Å²) in [6, 6.07) is 174. The Morgan fingerprint density at radius 1 is 0.123 bits per heavy atom. The molecule has 0 radical (unpaired) electrons. The van der Waals surface area contributed by atoms with Crippen molar-refractivity contribution in [3.63, 3.8) is 0 Å². The van der Waals surface area contributed by atoms with Gasteiger partial charge in [-0.25, -0.2) is 29.9 Å². The highest BCUT2D eigenvalue weighted by molar-refractivity contribution is 5.89. The zero-order chi connectivity index (χ0) is 94.5. The fourth-order valence-corrected chi connectivity index (χ4v) is 17.5. The highest BCUT2D eigenvalue weighted by Gasteiger charge is 2.27. The Kier molecular flexibility index (Phi) is 26.6. The van der Waals surface area contributed by atoms with Crippen LogP contribution in [-0.4, -0.2) is 29.9 Å². The van der Waals surface area contributed by atoms with Crippen molar-refractivity contribution >= 4 is 0 Å². The lowest BCUT2D eigenvalue weighted by atomic mass is 9.85. The summed E-state index contributed by atoms with van der Waals surface area (Å²) >= 11 is 0. The van der Waals surface area contributed by atoms with E-state index in [0.29, 0.717) is 11.6 Å². The second-order valence-corrected chi connectivity index (χ2v) is 38.3. The summed E-state index contributed by atoms with van der Waals surface area (Å²) in [6.45, 7) is 20.0. The molecule has 21 rings (SSSR count). The van der Waals surface area contributed by atoms with E-state index < -0.39 is 0 Å². The summed E-state index contributed by atoms with van der Waals surface area (Å²) in [4.78, 5) is 31.4. The maximum absolute atomic E-state index is 5.43. The largest absolute Gasteiger partial charge is 0.248 e. The highest BCUT2D eigenvalue weighted by atomic mass is 15.0. The molecular weight excluding hydrogens is 1670 g/mol. The molecule has 666 valence electrons. The molecule has 0 aliphatic rings. The van der Waals surface area contributed by atoms with E-state index in [1.165, 1.54) is 61.2 Å². The quantitative estimate of drug-likeness (QED) is 0.0852. The Bertz CT molecular complexity index is 6240. The molecular formula is C132H108N6. The molecule has 6 heteroatoms. The predicted octanol–water partition coefficient (Wildman–Crippen LogP) is 35.3. The Labute approximate surface area is 812 Å². The van der Waals surface area contributed by atoms with Crippen molar-refractivity contribution in [2.75, 3.05) is 0 Å². The van der Waals surface area contributed by atoms with Gasteiger partial charge in [-0.1, -0.05) is 426 Å². The molecule has 0 bridgehead atoms. The Morgan fingerprint density at radius 2 is 0.290 bits per heavy atom. The molecule has 0 amide bonds. The van der Waals surface area contributed by atoms with Crippen LogP contribution in [0.2, 0.25) is 0 Å². The lowest BCUT2D eigenvalue weighted by Gasteiger charge is -2.22. The maximum atomic E-state index is 5.43. The van der Waals surface area contributed by atoms with Gasteiger partial charge in [-0.05, 0) is 272 Å². The molecule has 0 aliphatic carbocycles. The van der Waals surface area contributed by atoms with Gasteiger partial charge in [0.1, 0.15) is 5.82 Å². The van der Waals surface area contributed by atoms with E-state index in [0.717, 1.165) is 146 Å². The normalized spacial score (nSPS) is 11.4. The average molecular weight is 1780 g/mol. The molecule has 21 aromatic rings.